The molecule has 0 amide bonds. The predicted molar refractivity (Wildman–Crippen MR) is 84.0 cm³/mol. The molecule has 0 spiro atoms. The van der Waals surface area contributed by atoms with Crippen molar-refractivity contribution in [1.29, 1.82) is 5.26 Å². The summed E-state index contributed by atoms with van der Waals surface area (Å²) in [7, 11) is -1.51. The lowest BCUT2D eigenvalue weighted by atomic mass is 10.1. The minimum absolute atomic E-state index is 0.651. The number of nitrogens with zero attached hydrogens (tertiary/aromatic N) is 1. The van der Waals surface area contributed by atoms with Crippen LogP contribution >= 0.6 is 11.3 Å². The topological polar surface area (TPSA) is 36.9 Å². The van der Waals surface area contributed by atoms with E-state index < -0.39 is 8.07 Å². The van der Waals surface area contributed by atoms with Gasteiger partial charge in [0, 0.05) is 15.5 Å². The van der Waals surface area contributed by atoms with Gasteiger partial charge >= 0.3 is 0 Å². The van der Waals surface area contributed by atoms with E-state index in [0.29, 0.717) is 5.56 Å². The number of nitriles is 1. The number of fused-ring (bicyclic) bond motifs is 3. The van der Waals surface area contributed by atoms with E-state index in [1.165, 1.54) is 20.7 Å². The van der Waals surface area contributed by atoms with Crippen LogP contribution in [0.1, 0.15) is 11.3 Å². The molecule has 19 heavy (non-hydrogen) atoms. The molecule has 0 saturated carbocycles. The Hall–Kier alpha value is -1.57. The molecule has 96 valence electrons. The molecule has 0 atom stereocenters. The van der Waals surface area contributed by atoms with E-state index in [9.17, 15) is 5.26 Å². The Bertz CT molecular complexity index is 830. The molecule has 3 rings (SSSR count). The second kappa shape index (κ2) is 3.96. The molecule has 0 bridgehead atoms. The fraction of sp³-hybridized carbons (Fsp3) is 0.267. The predicted octanol–water partition coefficient (Wildman–Crippen LogP) is 4.37. The lowest BCUT2D eigenvalue weighted by Crippen LogP contribution is -2.38. The summed E-state index contributed by atoms with van der Waals surface area (Å²) in [4.78, 5) is 0. The molecule has 4 heteroatoms. The third kappa shape index (κ3) is 1.73. The van der Waals surface area contributed by atoms with Crippen LogP contribution in [0.25, 0.3) is 21.1 Å². The maximum Gasteiger partial charge on any atom is 0.152 e. The molecular formula is C15H15NOSSi. The summed E-state index contributed by atoms with van der Waals surface area (Å²) in [6.45, 7) is 8.98. The van der Waals surface area contributed by atoms with Crippen molar-refractivity contribution in [2.45, 2.75) is 26.6 Å². The van der Waals surface area contributed by atoms with Gasteiger partial charge in [-0.2, -0.15) is 5.26 Å². The Balaban J connectivity index is 2.62. The zero-order valence-electron chi connectivity index (χ0n) is 11.5. The van der Waals surface area contributed by atoms with Crippen LogP contribution in [0.5, 0.6) is 0 Å². The summed E-state index contributed by atoms with van der Waals surface area (Å²) in [6, 6.07) is 6.36. The molecule has 0 aliphatic heterocycles. The third-order valence-corrected chi connectivity index (χ3v) is 6.41. The summed E-state index contributed by atoms with van der Waals surface area (Å²) in [5, 5.41) is 15.2. The summed E-state index contributed by atoms with van der Waals surface area (Å²) in [5.41, 5.74) is 1.42. The van der Waals surface area contributed by atoms with Gasteiger partial charge < -0.3 is 4.42 Å². The molecule has 0 unspecified atom stereocenters. The number of furan rings is 1. The van der Waals surface area contributed by atoms with Crippen LogP contribution in [0, 0.1) is 18.3 Å². The van der Waals surface area contributed by atoms with Crippen LogP contribution in [-0.4, -0.2) is 8.07 Å². The van der Waals surface area contributed by atoms with Crippen LogP contribution in [0.15, 0.2) is 21.9 Å². The Kier molecular flexibility index (Phi) is 2.60. The molecule has 0 saturated heterocycles. The highest BCUT2D eigenvalue weighted by Gasteiger charge is 2.27. The molecule has 0 aliphatic carbocycles. The molecule has 0 N–H and O–H groups in total. The second-order valence-electron chi connectivity index (χ2n) is 5.86. The van der Waals surface area contributed by atoms with Crippen molar-refractivity contribution in [3.8, 4) is 6.07 Å². The molecule has 0 fully saturated rings. The van der Waals surface area contributed by atoms with Crippen LogP contribution < -0.4 is 5.19 Å². The zero-order valence-corrected chi connectivity index (χ0v) is 13.3. The lowest BCUT2D eigenvalue weighted by molar-refractivity contribution is 0.581. The largest absolute Gasteiger partial charge is 0.460 e. The number of benzene rings is 1. The van der Waals surface area contributed by atoms with Crippen molar-refractivity contribution in [2.75, 3.05) is 0 Å². The minimum Gasteiger partial charge on any atom is -0.460 e. The van der Waals surface area contributed by atoms with Crippen molar-refractivity contribution in [1.82, 2.24) is 0 Å². The normalized spacial score (nSPS) is 12.2. The average Bonchev–Trinajstić information content (AvgIpc) is 2.88. The average molecular weight is 285 g/mol. The maximum absolute atomic E-state index is 9.34. The van der Waals surface area contributed by atoms with Gasteiger partial charge in [-0.3, -0.25) is 0 Å². The van der Waals surface area contributed by atoms with Crippen LogP contribution in [0.3, 0.4) is 0 Å². The van der Waals surface area contributed by atoms with E-state index in [1.54, 1.807) is 11.3 Å². The van der Waals surface area contributed by atoms with Crippen molar-refractivity contribution in [2.24, 2.45) is 0 Å². The molecule has 2 nitrogen and oxygen atoms in total. The number of rotatable bonds is 1. The molecule has 2 heterocycles. The van der Waals surface area contributed by atoms with E-state index in [2.05, 4.69) is 37.2 Å². The first-order chi connectivity index (χ1) is 8.93. The first-order valence-electron chi connectivity index (χ1n) is 6.27. The van der Waals surface area contributed by atoms with E-state index >= 15 is 0 Å². The second-order valence-corrected chi connectivity index (χ2v) is 11.8. The summed E-state index contributed by atoms with van der Waals surface area (Å²) >= 11 is 1.68. The number of thiophene rings is 1. The van der Waals surface area contributed by atoms with Crippen molar-refractivity contribution >= 4 is 45.7 Å². The zero-order chi connectivity index (χ0) is 13.8. The first kappa shape index (κ1) is 12.5. The monoisotopic (exact) mass is 285 g/mol. The standard InChI is InChI=1S/C15H15NOSSi/c1-9-15(19(2,3)4)13-11-5-6-18-12(11)7-10(8-16)14(13)17-9/h5-7H,1-4H3. The summed E-state index contributed by atoms with van der Waals surface area (Å²) < 4.78 is 7.11. The van der Waals surface area contributed by atoms with Crippen molar-refractivity contribution < 1.29 is 4.42 Å². The van der Waals surface area contributed by atoms with Gasteiger partial charge in [0.15, 0.2) is 5.58 Å². The van der Waals surface area contributed by atoms with Crippen LogP contribution in [0.2, 0.25) is 19.6 Å². The highest BCUT2D eigenvalue weighted by atomic mass is 32.1. The lowest BCUT2D eigenvalue weighted by Gasteiger charge is -2.16. The van der Waals surface area contributed by atoms with Gasteiger partial charge in [0.25, 0.3) is 0 Å². The molecule has 0 aliphatic rings. The van der Waals surface area contributed by atoms with E-state index in [1.807, 2.05) is 13.0 Å². The highest BCUT2D eigenvalue weighted by molar-refractivity contribution is 7.17. The van der Waals surface area contributed by atoms with Crippen LogP contribution in [-0.2, 0) is 0 Å². The molecule has 3 aromatic rings. The number of hydrogen-bond donors (Lipinski definition) is 0. The highest BCUT2D eigenvalue weighted by Crippen LogP contribution is 2.34. The van der Waals surface area contributed by atoms with Gasteiger partial charge in [0.2, 0.25) is 0 Å². The SMILES string of the molecule is Cc1oc2c(C#N)cc3sccc3c2c1[Si](C)(C)C. The third-order valence-electron chi connectivity index (χ3n) is 3.44. The Labute approximate surface area is 117 Å². The van der Waals surface area contributed by atoms with Gasteiger partial charge in [-0.1, -0.05) is 19.6 Å². The van der Waals surface area contributed by atoms with Gasteiger partial charge in [0.05, 0.1) is 13.6 Å². The first-order valence-corrected chi connectivity index (χ1v) is 10.7. The fourth-order valence-corrected chi connectivity index (χ4v) is 5.75. The molecular weight excluding hydrogens is 270 g/mol. The van der Waals surface area contributed by atoms with Crippen molar-refractivity contribution in [3.05, 3.63) is 28.8 Å². The van der Waals surface area contributed by atoms with Crippen LogP contribution in [0.4, 0.5) is 0 Å². The van der Waals surface area contributed by atoms with Crippen molar-refractivity contribution in [3.63, 3.8) is 0 Å². The minimum atomic E-state index is -1.51. The summed E-state index contributed by atoms with van der Waals surface area (Å²) in [5.74, 6) is 0.976. The fourth-order valence-electron chi connectivity index (χ4n) is 2.81. The Morgan fingerprint density at radius 3 is 2.68 bits per heavy atom. The van der Waals surface area contributed by atoms with E-state index in [4.69, 9.17) is 4.42 Å². The van der Waals surface area contributed by atoms with Gasteiger partial charge in [-0.05, 0) is 29.6 Å². The molecule has 1 aromatic carbocycles. The number of hydrogen-bond acceptors (Lipinski definition) is 3. The van der Waals surface area contributed by atoms with Gasteiger partial charge in [-0.15, -0.1) is 11.3 Å². The molecule has 2 aromatic heterocycles. The van der Waals surface area contributed by atoms with E-state index in [0.717, 1.165) is 11.3 Å². The van der Waals surface area contributed by atoms with E-state index in [-0.39, 0.29) is 0 Å². The molecule has 0 radical (unpaired) electrons. The maximum atomic E-state index is 9.34. The number of aryl methyl sites for hydroxylation is 1. The Morgan fingerprint density at radius 1 is 1.32 bits per heavy atom. The Morgan fingerprint density at radius 2 is 2.05 bits per heavy atom. The smallest absolute Gasteiger partial charge is 0.152 e. The quantitative estimate of drug-likeness (QED) is 0.622. The van der Waals surface area contributed by atoms with Gasteiger partial charge in [-0.25, -0.2) is 0 Å². The van der Waals surface area contributed by atoms with Gasteiger partial charge in [0.1, 0.15) is 11.8 Å². The summed E-state index contributed by atoms with van der Waals surface area (Å²) in [6.07, 6.45) is 0.